The van der Waals surface area contributed by atoms with E-state index in [0.29, 0.717) is 0 Å². The summed E-state index contributed by atoms with van der Waals surface area (Å²) in [5, 5.41) is 3.25. The molecule has 2 rings (SSSR count). The minimum Gasteiger partial charge on any atom is -0.469 e. The van der Waals surface area contributed by atoms with E-state index in [1.165, 1.54) is 17.2 Å². The Balaban J connectivity index is 2.56. The maximum absolute atomic E-state index is 11.9. The second-order valence-electron chi connectivity index (χ2n) is 4.43. The lowest BCUT2D eigenvalue weighted by molar-refractivity contribution is -0.143. The molecule has 0 radical (unpaired) electrons. The van der Waals surface area contributed by atoms with Gasteiger partial charge in [-0.15, -0.1) is 11.3 Å². The highest BCUT2D eigenvalue weighted by Crippen LogP contribution is 2.34. The van der Waals surface area contributed by atoms with Crippen molar-refractivity contribution in [2.45, 2.75) is 19.8 Å². The second kappa shape index (κ2) is 4.88. The van der Waals surface area contributed by atoms with Gasteiger partial charge in [0.05, 0.1) is 13.0 Å². The van der Waals surface area contributed by atoms with Gasteiger partial charge in [0.2, 0.25) is 0 Å². The Kier molecular flexibility index (Phi) is 3.48. The van der Waals surface area contributed by atoms with Crippen molar-refractivity contribution in [2.24, 2.45) is 5.92 Å². The fourth-order valence-corrected chi connectivity index (χ4v) is 3.10. The van der Waals surface area contributed by atoms with Crippen molar-refractivity contribution in [1.82, 2.24) is 0 Å². The first-order valence-electron chi connectivity index (χ1n) is 5.69. The van der Waals surface area contributed by atoms with E-state index in [0.717, 1.165) is 5.56 Å². The molecule has 0 saturated carbocycles. The summed E-state index contributed by atoms with van der Waals surface area (Å²) in [5.41, 5.74) is 1.08. The molecule has 0 aliphatic heterocycles. The van der Waals surface area contributed by atoms with Crippen LogP contribution in [0.25, 0.3) is 10.1 Å². The van der Waals surface area contributed by atoms with Crippen LogP contribution in [0.5, 0.6) is 0 Å². The molecular formula is C14H16O2S. The summed E-state index contributed by atoms with van der Waals surface area (Å²) in [6.45, 7) is 4.10. The van der Waals surface area contributed by atoms with Crippen LogP contribution in [0, 0.1) is 5.92 Å². The van der Waals surface area contributed by atoms with Crippen LogP contribution in [0.1, 0.15) is 25.3 Å². The third-order valence-electron chi connectivity index (χ3n) is 2.97. The summed E-state index contributed by atoms with van der Waals surface area (Å²) in [4.78, 5) is 11.9. The molecule has 0 N–H and O–H groups in total. The number of carbonyl (C=O) groups is 1. The van der Waals surface area contributed by atoms with Gasteiger partial charge in [0.25, 0.3) is 0 Å². The first kappa shape index (κ1) is 12.1. The smallest absolute Gasteiger partial charge is 0.313 e. The number of thiophene rings is 1. The fraction of sp³-hybridized carbons (Fsp3) is 0.357. The molecular weight excluding hydrogens is 232 g/mol. The third kappa shape index (κ3) is 2.20. The summed E-state index contributed by atoms with van der Waals surface area (Å²) >= 11 is 1.68. The summed E-state index contributed by atoms with van der Waals surface area (Å²) in [6.07, 6.45) is 0. The number of benzene rings is 1. The van der Waals surface area contributed by atoms with Gasteiger partial charge in [0.15, 0.2) is 0 Å². The second-order valence-corrected chi connectivity index (χ2v) is 5.35. The number of hydrogen-bond donors (Lipinski definition) is 0. The molecule has 1 aromatic heterocycles. The molecule has 0 aliphatic rings. The summed E-state index contributed by atoms with van der Waals surface area (Å²) in [7, 11) is 1.45. The van der Waals surface area contributed by atoms with Crippen molar-refractivity contribution in [3.05, 3.63) is 35.2 Å². The fourth-order valence-electron chi connectivity index (χ4n) is 2.15. The van der Waals surface area contributed by atoms with Crippen molar-refractivity contribution in [2.75, 3.05) is 7.11 Å². The SMILES string of the molecule is COC(=O)C(c1cccc2ccsc12)C(C)C. The van der Waals surface area contributed by atoms with Crippen molar-refractivity contribution < 1.29 is 9.53 Å². The van der Waals surface area contributed by atoms with Gasteiger partial charge >= 0.3 is 5.97 Å². The molecule has 1 aromatic carbocycles. The quantitative estimate of drug-likeness (QED) is 0.772. The summed E-state index contributed by atoms with van der Waals surface area (Å²) < 4.78 is 6.11. The first-order chi connectivity index (χ1) is 8.15. The molecule has 1 atom stereocenters. The van der Waals surface area contributed by atoms with E-state index in [1.54, 1.807) is 11.3 Å². The Morgan fingerprint density at radius 1 is 1.29 bits per heavy atom. The topological polar surface area (TPSA) is 26.3 Å². The Morgan fingerprint density at radius 2 is 2.06 bits per heavy atom. The van der Waals surface area contributed by atoms with Crippen LogP contribution in [0.2, 0.25) is 0 Å². The molecule has 1 heterocycles. The van der Waals surface area contributed by atoms with Crippen LogP contribution < -0.4 is 0 Å². The minimum absolute atomic E-state index is 0.152. The van der Waals surface area contributed by atoms with Gasteiger partial charge in [0.1, 0.15) is 0 Å². The van der Waals surface area contributed by atoms with Gasteiger partial charge in [0, 0.05) is 4.70 Å². The number of fused-ring (bicyclic) bond motifs is 1. The van der Waals surface area contributed by atoms with E-state index < -0.39 is 0 Å². The number of rotatable bonds is 3. The van der Waals surface area contributed by atoms with E-state index in [2.05, 4.69) is 17.5 Å². The lowest BCUT2D eigenvalue weighted by Gasteiger charge is -2.19. The molecule has 0 bridgehead atoms. The van der Waals surface area contributed by atoms with Gasteiger partial charge in [-0.25, -0.2) is 0 Å². The number of methoxy groups -OCH3 is 1. The van der Waals surface area contributed by atoms with E-state index in [1.807, 2.05) is 26.0 Å². The van der Waals surface area contributed by atoms with E-state index in [4.69, 9.17) is 4.74 Å². The van der Waals surface area contributed by atoms with Gasteiger partial charge in [-0.05, 0) is 28.3 Å². The molecule has 0 aliphatic carbocycles. The first-order valence-corrected chi connectivity index (χ1v) is 6.57. The monoisotopic (exact) mass is 248 g/mol. The standard InChI is InChI=1S/C14H16O2S/c1-9(2)12(14(15)16-3)11-6-4-5-10-7-8-17-13(10)11/h4-9,12H,1-3H3. The van der Waals surface area contributed by atoms with Gasteiger partial charge in [-0.3, -0.25) is 4.79 Å². The molecule has 0 amide bonds. The normalized spacial score (nSPS) is 12.9. The summed E-state index contributed by atoms with van der Waals surface area (Å²) in [5.74, 6) is -0.0987. The van der Waals surface area contributed by atoms with Crippen molar-refractivity contribution in [1.29, 1.82) is 0 Å². The highest BCUT2D eigenvalue weighted by molar-refractivity contribution is 7.17. The molecule has 3 heteroatoms. The van der Waals surface area contributed by atoms with Gasteiger partial charge in [-0.2, -0.15) is 0 Å². The van der Waals surface area contributed by atoms with Crippen molar-refractivity contribution in [3.8, 4) is 0 Å². The number of ether oxygens (including phenoxy) is 1. The van der Waals surface area contributed by atoms with Gasteiger partial charge < -0.3 is 4.74 Å². The maximum atomic E-state index is 11.9. The predicted octanol–water partition coefficient (Wildman–Crippen LogP) is 3.81. The molecule has 0 fully saturated rings. The zero-order chi connectivity index (χ0) is 12.4. The van der Waals surface area contributed by atoms with Crippen LogP contribution in [0.3, 0.4) is 0 Å². The molecule has 0 saturated heterocycles. The lowest BCUT2D eigenvalue weighted by Crippen LogP contribution is -2.19. The summed E-state index contributed by atoms with van der Waals surface area (Å²) in [6, 6.07) is 8.19. The zero-order valence-electron chi connectivity index (χ0n) is 10.3. The van der Waals surface area contributed by atoms with Gasteiger partial charge in [-0.1, -0.05) is 32.0 Å². The highest BCUT2D eigenvalue weighted by Gasteiger charge is 2.26. The molecule has 90 valence electrons. The molecule has 1 unspecified atom stereocenters. The number of hydrogen-bond acceptors (Lipinski definition) is 3. The van der Waals surface area contributed by atoms with Crippen molar-refractivity contribution >= 4 is 27.4 Å². The highest BCUT2D eigenvalue weighted by atomic mass is 32.1. The average molecular weight is 248 g/mol. The lowest BCUT2D eigenvalue weighted by atomic mass is 9.88. The van der Waals surface area contributed by atoms with Crippen LogP contribution in [-0.2, 0) is 9.53 Å². The average Bonchev–Trinajstić information content (AvgIpc) is 2.77. The maximum Gasteiger partial charge on any atom is 0.313 e. The number of carbonyl (C=O) groups excluding carboxylic acids is 1. The van der Waals surface area contributed by atoms with Crippen LogP contribution >= 0.6 is 11.3 Å². The van der Waals surface area contributed by atoms with Crippen LogP contribution in [0.4, 0.5) is 0 Å². The molecule has 2 aromatic rings. The Labute approximate surface area is 105 Å². The number of esters is 1. The molecule has 0 spiro atoms. The molecule has 2 nitrogen and oxygen atoms in total. The van der Waals surface area contributed by atoms with E-state index in [-0.39, 0.29) is 17.8 Å². The van der Waals surface area contributed by atoms with Crippen LogP contribution in [-0.4, -0.2) is 13.1 Å². The third-order valence-corrected chi connectivity index (χ3v) is 3.95. The Hall–Kier alpha value is -1.35. The van der Waals surface area contributed by atoms with Crippen molar-refractivity contribution in [3.63, 3.8) is 0 Å². The largest absolute Gasteiger partial charge is 0.469 e. The van der Waals surface area contributed by atoms with Crippen LogP contribution in [0.15, 0.2) is 29.6 Å². The predicted molar refractivity (Wildman–Crippen MR) is 71.4 cm³/mol. The zero-order valence-corrected chi connectivity index (χ0v) is 11.1. The Bertz CT molecular complexity index is 528. The van der Waals surface area contributed by atoms with E-state index in [9.17, 15) is 4.79 Å². The Morgan fingerprint density at radius 3 is 2.71 bits per heavy atom. The van der Waals surface area contributed by atoms with E-state index >= 15 is 0 Å². The molecule has 17 heavy (non-hydrogen) atoms. The minimum atomic E-state index is -0.178.